The Balaban J connectivity index is 2.63. The average molecular weight is 198 g/mol. The van der Waals surface area contributed by atoms with Gasteiger partial charge in [0.05, 0.1) is 5.01 Å². The summed E-state index contributed by atoms with van der Waals surface area (Å²) in [6.45, 7) is 6.61. The number of rotatable bonds is 4. The van der Waals surface area contributed by atoms with Crippen molar-refractivity contribution in [1.29, 1.82) is 0 Å². The highest BCUT2D eigenvalue weighted by atomic mass is 32.1. The average Bonchev–Trinajstić information content (AvgIpc) is 2.50. The Bertz CT molecular complexity index is 255. The third-order valence-corrected chi connectivity index (χ3v) is 3.22. The predicted octanol–water partition coefficient (Wildman–Crippen LogP) is 2.62. The maximum Gasteiger partial charge on any atom is 0.0930 e. The molecule has 0 amide bonds. The van der Waals surface area contributed by atoms with Gasteiger partial charge >= 0.3 is 0 Å². The Labute approximate surface area is 84.4 Å². The summed E-state index contributed by atoms with van der Waals surface area (Å²) in [5.74, 6) is 0.698. The maximum atomic E-state index is 4.40. The topological polar surface area (TPSA) is 24.9 Å². The van der Waals surface area contributed by atoms with E-state index in [1.165, 1.54) is 9.88 Å². The largest absolute Gasteiger partial charge is 0.312 e. The number of nitrogens with zero attached hydrogens (tertiary/aromatic N) is 1. The Hall–Kier alpha value is -0.410. The number of hydrogen-bond acceptors (Lipinski definition) is 3. The molecule has 13 heavy (non-hydrogen) atoms. The highest BCUT2D eigenvalue weighted by Gasteiger charge is 2.08. The molecule has 0 bridgehead atoms. The zero-order valence-electron chi connectivity index (χ0n) is 8.79. The molecule has 2 nitrogen and oxygen atoms in total. The van der Waals surface area contributed by atoms with Crippen LogP contribution < -0.4 is 5.32 Å². The van der Waals surface area contributed by atoms with Crippen molar-refractivity contribution in [2.24, 2.45) is 5.92 Å². The van der Waals surface area contributed by atoms with E-state index >= 15 is 0 Å². The number of nitrogens with one attached hydrogen (secondary N) is 1. The molecule has 74 valence electrons. The summed E-state index contributed by atoms with van der Waals surface area (Å²) in [4.78, 5) is 5.74. The second kappa shape index (κ2) is 4.72. The molecule has 1 aromatic heterocycles. The van der Waals surface area contributed by atoms with E-state index in [9.17, 15) is 0 Å². The summed E-state index contributed by atoms with van der Waals surface area (Å²) in [7, 11) is 1.98. The summed E-state index contributed by atoms with van der Waals surface area (Å²) in [5.41, 5.74) is 0. The molecule has 1 unspecified atom stereocenters. The van der Waals surface area contributed by atoms with Gasteiger partial charge in [0.25, 0.3) is 0 Å². The van der Waals surface area contributed by atoms with Gasteiger partial charge in [0.1, 0.15) is 0 Å². The van der Waals surface area contributed by atoms with E-state index in [-0.39, 0.29) is 0 Å². The lowest BCUT2D eigenvalue weighted by Gasteiger charge is -2.05. The Morgan fingerprint density at radius 2 is 2.15 bits per heavy atom. The van der Waals surface area contributed by atoms with Gasteiger partial charge in [-0.05, 0) is 19.9 Å². The lowest BCUT2D eigenvalue weighted by molar-refractivity contribution is 0.644. The lowest BCUT2D eigenvalue weighted by Crippen LogP contribution is -2.10. The molecule has 1 atom stereocenters. The van der Waals surface area contributed by atoms with Crippen LogP contribution in [-0.2, 0) is 6.42 Å². The number of aromatic nitrogens is 1. The van der Waals surface area contributed by atoms with Crippen LogP contribution >= 0.6 is 11.3 Å². The first-order valence-electron chi connectivity index (χ1n) is 4.75. The molecule has 0 aliphatic heterocycles. The lowest BCUT2D eigenvalue weighted by atomic mass is 10.1. The van der Waals surface area contributed by atoms with Crippen molar-refractivity contribution >= 4 is 11.3 Å². The van der Waals surface area contributed by atoms with Crippen LogP contribution in [0.2, 0.25) is 0 Å². The molecule has 0 aliphatic carbocycles. The zero-order valence-corrected chi connectivity index (χ0v) is 9.61. The summed E-state index contributed by atoms with van der Waals surface area (Å²) < 4.78 is 0. The van der Waals surface area contributed by atoms with Crippen LogP contribution in [0.5, 0.6) is 0 Å². The fraction of sp³-hybridized carbons (Fsp3) is 0.700. The van der Waals surface area contributed by atoms with Crippen molar-refractivity contribution in [3.63, 3.8) is 0 Å². The first-order valence-corrected chi connectivity index (χ1v) is 5.57. The van der Waals surface area contributed by atoms with Crippen LogP contribution in [0.3, 0.4) is 0 Å². The maximum absolute atomic E-state index is 4.40. The van der Waals surface area contributed by atoms with Gasteiger partial charge in [0.2, 0.25) is 0 Å². The van der Waals surface area contributed by atoms with Gasteiger partial charge in [0.15, 0.2) is 0 Å². The van der Waals surface area contributed by atoms with Crippen LogP contribution in [-0.4, -0.2) is 12.0 Å². The monoisotopic (exact) mass is 198 g/mol. The second-order valence-corrected chi connectivity index (χ2v) is 4.91. The smallest absolute Gasteiger partial charge is 0.0930 e. The minimum atomic E-state index is 0.429. The summed E-state index contributed by atoms with van der Waals surface area (Å²) in [6, 6.07) is 0.429. The van der Waals surface area contributed by atoms with Crippen molar-refractivity contribution in [3.05, 3.63) is 16.1 Å². The SMILES string of the molecule is CNC(C)c1cnc(CC(C)C)s1. The summed E-state index contributed by atoms with van der Waals surface area (Å²) in [5, 5.41) is 4.47. The molecule has 0 saturated heterocycles. The van der Waals surface area contributed by atoms with E-state index in [2.05, 4.69) is 31.1 Å². The molecule has 0 saturated carbocycles. The van der Waals surface area contributed by atoms with E-state index in [1.807, 2.05) is 24.6 Å². The summed E-state index contributed by atoms with van der Waals surface area (Å²) in [6.07, 6.45) is 3.09. The molecule has 3 heteroatoms. The van der Waals surface area contributed by atoms with Crippen molar-refractivity contribution in [1.82, 2.24) is 10.3 Å². The third-order valence-electron chi connectivity index (χ3n) is 2.01. The van der Waals surface area contributed by atoms with Crippen molar-refractivity contribution in [3.8, 4) is 0 Å². The Morgan fingerprint density at radius 1 is 1.46 bits per heavy atom. The molecule has 0 aliphatic rings. The first-order chi connectivity index (χ1) is 6.13. The van der Waals surface area contributed by atoms with Crippen LogP contribution in [0.15, 0.2) is 6.20 Å². The molecule has 1 N–H and O–H groups in total. The molecule has 1 rings (SSSR count). The number of hydrogen-bond donors (Lipinski definition) is 1. The zero-order chi connectivity index (χ0) is 9.84. The molecule has 1 aromatic rings. The summed E-state index contributed by atoms with van der Waals surface area (Å²) >= 11 is 1.82. The molecular weight excluding hydrogens is 180 g/mol. The van der Waals surface area contributed by atoms with Crippen molar-refractivity contribution in [2.75, 3.05) is 7.05 Å². The highest BCUT2D eigenvalue weighted by molar-refractivity contribution is 7.11. The van der Waals surface area contributed by atoms with Gasteiger partial charge in [-0.2, -0.15) is 0 Å². The van der Waals surface area contributed by atoms with Gasteiger partial charge in [0, 0.05) is 23.5 Å². The Morgan fingerprint density at radius 3 is 2.69 bits per heavy atom. The van der Waals surface area contributed by atoms with E-state index < -0.39 is 0 Å². The van der Waals surface area contributed by atoms with Gasteiger partial charge in [-0.1, -0.05) is 13.8 Å². The van der Waals surface area contributed by atoms with E-state index in [4.69, 9.17) is 0 Å². The van der Waals surface area contributed by atoms with Gasteiger partial charge in [-0.15, -0.1) is 11.3 Å². The third kappa shape index (κ3) is 3.08. The molecule has 0 spiro atoms. The second-order valence-electron chi connectivity index (χ2n) is 3.76. The van der Waals surface area contributed by atoms with Crippen molar-refractivity contribution in [2.45, 2.75) is 33.2 Å². The van der Waals surface area contributed by atoms with E-state index in [0.717, 1.165) is 6.42 Å². The number of thiazole rings is 1. The van der Waals surface area contributed by atoms with Crippen LogP contribution in [0.4, 0.5) is 0 Å². The minimum Gasteiger partial charge on any atom is -0.312 e. The first kappa shape index (κ1) is 10.7. The predicted molar refractivity (Wildman–Crippen MR) is 58.1 cm³/mol. The van der Waals surface area contributed by atoms with Crippen LogP contribution in [0, 0.1) is 5.92 Å². The fourth-order valence-corrected chi connectivity index (χ4v) is 2.30. The van der Waals surface area contributed by atoms with E-state index in [0.29, 0.717) is 12.0 Å². The van der Waals surface area contributed by atoms with Crippen molar-refractivity contribution < 1.29 is 0 Å². The molecule has 0 radical (unpaired) electrons. The molecular formula is C10H18N2S. The van der Waals surface area contributed by atoms with Crippen LogP contribution in [0.1, 0.15) is 36.7 Å². The van der Waals surface area contributed by atoms with Crippen LogP contribution in [0.25, 0.3) is 0 Å². The Kier molecular flexibility index (Phi) is 3.88. The highest BCUT2D eigenvalue weighted by Crippen LogP contribution is 2.21. The quantitative estimate of drug-likeness (QED) is 0.804. The van der Waals surface area contributed by atoms with Gasteiger partial charge in [-0.25, -0.2) is 4.98 Å². The molecule has 1 heterocycles. The fourth-order valence-electron chi connectivity index (χ4n) is 1.11. The standard InChI is InChI=1S/C10H18N2S/c1-7(2)5-10-12-6-9(13-10)8(3)11-4/h6-8,11H,5H2,1-4H3. The van der Waals surface area contributed by atoms with Gasteiger partial charge in [-0.3, -0.25) is 0 Å². The normalized spacial score (nSPS) is 13.6. The minimum absolute atomic E-state index is 0.429. The van der Waals surface area contributed by atoms with E-state index in [1.54, 1.807) is 0 Å². The molecule has 0 fully saturated rings. The van der Waals surface area contributed by atoms with Gasteiger partial charge < -0.3 is 5.32 Å². The molecule has 0 aromatic carbocycles.